The summed E-state index contributed by atoms with van der Waals surface area (Å²) in [6.45, 7) is 9.38. The fourth-order valence-corrected chi connectivity index (χ4v) is 3.75. The predicted molar refractivity (Wildman–Crippen MR) is 108 cm³/mol. The van der Waals surface area contributed by atoms with Gasteiger partial charge in [-0.3, -0.25) is 19.6 Å². The third kappa shape index (κ3) is 5.43. The molecule has 0 amide bonds. The predicted octanol–water partition coefficient (Wildman–Crippen LogP) is 1.91. The molecule has 3 N–H and O–H groups in total. The largest absolute Gasteiger partial charge is 0.369 e. The summed E-state index contributed by atoms with van der Waals surface area (Å²) in [5.41, 5.74) is 7.57. The fraction of sp³-hybridized carbons (Fsp3) is 0.600. The van der Waals surface area contributed by atoms with Crippen LogP contribution in [0.3, 0.4) is 0 Å². The van der Waals surface area contributed by atoms with Crippen molar-refractivity contribution in [1.82, 2.24) is 24.3 Å². The Bertz CT molecular complexity index is 796. The van der Waals surface area contributed by atoms with Gasteiger partial charge in [-0.1, -0.05) is 13.8 Å². The molecule has 3 heterocycles. The lowest BCUT2D eigenvalue weighted by molar-refractivity contribution is 0.219. The summed E-state index contributed by atoms with van der Waals surface area (Å²) >= 11 is 0. The van der Waals surface area contributed by atoms with Crippen LogP contribution < -0.4 is 11.3 Å². The van der Waals surface area contributed by atoms with Crippen molar-refractivity contribution < 1.29 is 0 Å². The van der Waals surface area contributed by atoms with Crippen molar-refractivity contribution >= 4 is 5.95 Å². The highest BCUT2D eigenvalue weighted by atomic mass is 16.1. The second-order valence-corrected chi connectivity index (χ2v) is 8.09. The third-order valence-corrected chi connectivity index (χ3v) is 5.35. The van der Waals surface area contributed by atoms with Gasteiger partial charge in [0.05, 0.1) is 5.69 Å². The summed E-state index contributed by atoms with van der Waals surface area (Å²) in [6, 6.07) is 6.38. The number of rotatable bonds is 8. The second-order valence-electron chi connectivity index (χ2n) is 8.09. The summed E-state index contributed by atoms with van der Waals surface area (Å²) < 4.78 is 2.39. The summed E-state index contributed by atoms with van der Waals surface area (Å²) in [7, 11) is 2.10. The molecule has 0 spiro atoms. The van der Waals surface area contributed by atoms with E-state index in [4.69, 9.17) is 5.73 Å². The first-order valence-corrected chi connectivity index (χ1v) is 9.83. The number of aromatic amines is 1. The number of aromatic nitrogens is 3. The van der Waals surface area contributed by atoms with Crippen LogP contribution in [0.1, 0.15) is 38.1 Å². The zero-order chi connectivity index (χ0) is 19.4. The number of likely N-dealkylation sites (tertiary alicyclic amines) is 1. The van der Waals surface area contributed by atoms with Crippen LogP contribution in [0.25, 0.3) is 0 Å². The zero-order valence-electron chi connectivity index (χ0n) is 16.7. The highest BCUT2D eigenvalue weighted by Crippen LogP contribution is 2.19. The lowest BCUT2D eigenvalue weighted by Crippen LogP contribution is -2.34. The normalized spacial score (nSPS) is 18.0. The Morgan fingerprint density at radius 1 is 1.44 bits per heavy atom. The molecule has 1 atom stereocenters. The van der Waals surface area contributed by atoms with Gasteiger partial charge in [0.1, 0.15) is 0 Å². The van der Waals surface area contributed by atoms with E-state index in [2.05, 4.69) is 63.6 Å². The molecule has 1 saturated heterocycles. The standard InChI is InChI=1S/C20H32N6O/c1-15(2)6-10-26-8-4-5-18(26)14-25-9-7-17(13-25)24(3)12-16-11-19(27)23-20(21)22-16/h4-5,8,11,15,17H,6-7,9-10,12-14H2,1-3H3,(H3,21,22,23,27)/t17-/m0/s1. The maximum Gasteiger partial charge on any atom is 0.252 e. The van der Waals surface area contributed by atoms with Gasteiger partial charge in [0.15, 0.2) is 0 Å². The Morgan fingerprint density at radius 2 is 2.26 bits per heavy atom. The number of anilines is 1. The molecule has 0 aromatic carbocycles. The number of likely N-dealkylation sites (N-methyl/N-ethyl adjacent to an activating group) is 1. The number of hydrogen-bond donors (Lipinski definition) is 2. The Hall–Kier alpha value is -2.12. The lowest BCUT2D eigenvalue weighted by atomic mass is 10.1. The molecule has 1 fully saturated rings. The Kier molecular flexibility index (Phi) is 6.34. The van der Waals surface area contributed by atoms with Gasteiger partial charge in [0, 0.05) is 56.7 Å². The molecule has 0 aliphatic carbocycles. The molecule has 0 saturated carbocycles. The first-order chi connectivity index (χ1) is 12.9. The van der Waals surface area contributed by atoms with Crippen LogP contribution in [0, 0.1) is 5.92 Å². The van der Waals surface area contributed by atoms with Gasteiger partial charge in [-0.15, -0.1) is 0 Å². The van der Waals surface area contributed by atoms with Crippen LogP contribution in [0.15, 0.2) is 29.2 Å². The van der Waals surface area contributed by atoms with Crippen molar-refractivity contribution in [2.75, 3.05) is 25.9 Å². The fourth-order valence-electron chi connectivity index (χ4n) is 3.75. The number of H-pyrrole nitrogens is 1. The molecule has 7 nitrogen and oxygen atoms in total. The maximum absolute atomic E-state index is 11.6. The van der Waals surface area contributed by atoms with Gasteiger partial charge in [0.2, 0.25) is 5.95 Å². The van der Waals surface area contributed by atoms with Crippen molar-refractivity contribution in [1.29, 1.82) is 0 Å². The maximum atomic E-state index is 11.6. The smallest absolute Gasteiger partial charge is 0.252 e. The van der Waals surface area contributed by atoms with Crippen molar-refractivity contribution in [2.45, 2.75) is 52.4 Å². The number of aryl methyl sites for hydroxylation is 1. The molecule has 0 bridgehead atoms. The molecular weight excluding hydrogens is 340 g/mol. The molecule has 148 valence electrons. The van der Waals surface area contributed by atoms with Gasteiger partial charge in [-0.25, -0.2) is 4.98 Å². The summed E-state index contributed by atoms with van der Waals surface area (Å²) in [5.74, 6) is 0.902. The minimum Gasteiger partial charge on any atom is -0.369 e. The number of nitrogens with zero attached hydrogens (tertiary/aromatic N) is 4. The molecule has 7 heteroatoms. The van der Waals surface area contributed by atoms with Crippen LogP contribution in [0.5, 0.6) is 0 Å². The van der Waals surface area contributed by atoms with Crippen molar-refractivity contribution in [3.8, 4) is 0 Å². The van der Waals surface area contributed by atoms with E-state index in [1.54, 1.807) is 0 Å². The van der Waals surface area contributed by atoms with Crippen molar-refractivity contribution in [3.05, 3.63) is 46.1 Å². The number of hydrogen-bond acceptors (Lipinski definition) is 5. The van der Waals surface area contributed by atoms with Crippen molar-refractivity contribution in [2.24, 2.45) is 5.92 Å². The van der Waals surface area contributed by atoms with Gasteiger partial charge < -0.3 is 10.3 Å². The summed E-state index contributed by atoms with van der Waals surface area (Å²) in [5, 5.41) is 0. The molecule has 1 aliphatic heterocycles. The summed E-state index contributed by atoms with van der Waals surface area (Å²) in [6.07, 6.45) is 4.53. The van der Waals surface area contributed by atoms with Crippen LogP contribution in [-0.2, 0) is 19.6 Å². The van der Waals surface area contributed by atoms with E-state index in [0.29, 0.717) is 12.6 Å². The average Bonchev–Trinajstić information content (AvgIpc) is 3.22. The second kappa shape index (κ2) is 8.71. The first kappa shape index (κ1) is 19.6. The Balaban J connectivity index is 1.54. The van der Waals surface area contributed by atoms with E-state index >= 15 is 0 Å². The molecule has 3 rings (SSSR count). The SMILES string of the molecule is CC(C)CCn1cccc1CN1CC[C@H](N(C)Cc2cc(=O)[nH]c(N)n2)C1. The first-order valence-electron chi connectivity index (χ1n) is 9.83. The number of nitrogen functional groups attached to an aromatic ring is 1. The number of nitrogens with one attached hydrogen (secondary N) is 1. The highest BCUT2D eigenvalue weighted by Gasteiger charge is 2.26. The van der Waals surface area contributed by atoms with Gasteiger partial charge in [-0.05, 0) is 37.9 Å². The molecule has 2 aromatic rings. The molecule has 2 aromatic heterocycles. The Labute approximate surface area is 161 Å². The van der Waals surface area contributed by atoms with E-state index in [9.17, 15) is 4.79 Å². The minimum absolute atomic E-state index is 0.182. The minimum atomic E-state index is -0.193. The molecule has 0 unspecified atom stereocenters. The molecule has 0 radical (unpaired) electrons. The van der Waals surface area contributed by atoms with Gasteiger partial charge in [-0.2, -0.15) is 0 Å². The third-order valence-electron chi connectivity index (χ3n) is 5.35. The monoisotopic (exact) mass is 372 g/mol. The van der Waals surface area contributed by atoms with Gasteiger partial charge >= 0.3 is 0 Å². The zero-order valence-corrected chi connectivity index (χ0v) is 16.7. The van der Waals surface area contributed by atoms with E-state index in [-0.39, 0.29) is 11.5 Å². The van der Waals surface area contributed by atoms with E-state index in [1.165, 1.54) is 18.2 Å². The van der Waals surface area contributed by atoms with E-state index < -0.39 is 0 Å². The topological polar surface area (TPSA) is 83.2 Å². The van der Waals surface area contributed by atoms with Crippen LogP contribution in [-0.4, -0.2) is 50.5 Å². The van der Waals surface area contributed by atoms with E-state index in [0.717, 1.165) is 44.2 Å². The van der Waals surface area contributed by atoms with Crippen LogP contribution >= 0.6 is 0 Å². The quantitative estimate of drug-likeness (QED) is 0.739. The van der Waals surface area contributed by atoms with Gasteiger partial charge in [0.25, 0.3) is 5.56 Å². The van der Waals surface area contributed by atoms with Crippen LogP contribution in [0.2, 0.25) is 0 Å². The summed E-state index contributed by atoms with van der Waals surface area (Å²) in [4.78, 5) is 23.1. The molecule has 1 aliphatic rings. The molecular formula is C20H32N6O. The van der Waals surface area contributed by atoms with E-state index in [1.807, 2.05) is 0 Å². The van der Waals surface area contributed by atoms with Crippen molar-refractivity contribution in [3.63, 3.8) is 0 Å². The average molecular weight is 373 g/mol. The number of nitrogens with two attached hydrogens (primary N) is 1. The Morgan fingerprint density at radius 3 is 3.00 bits per heavy atom. The van der Waals surface area contributed by atoms with Crippen LogP contribution in [0.4, 0.5) is 5.95 Å². The molecule has 27 heavy (non-hydrogen) atoms. The highest BCUT2D eigenvalue weighted by molar-refractivity contribution is 5.17. The lowest BCUT2D eigenvalue weighted by Gasteiger charge is -2.24.